The Bertz CT molecular complexity index is 1090. The molecule has 7 nitrogen and oxygen atoms in total. The topological polar surface area (TPSA) is 95.9 Å². The van der Waals surface area contributed by atoms with Crippen molar-refractivity contribution in [2.75, 3.05) is 19.7 Å². The molecule has 0 radical (unpaired) electrons. The van der Waals surface area contributed by atoms with Gasteiger partial charge < -0.3 is 20.1 Å². The van der Waals surface area contributed by atoms with Crippen molar-refractivity contribution in [1.29, 1.82) is 0 Å². The number of carbonyl (C=O) groups is 3. The quantitative estimate of drug-likeness (QED) is 0.618. The second-order valence-electron chi connectivity index (χ2n) is 9.75. The number of carbonyl (C=O) groups excluding carboxylic acids is 2. The number of carboxylic acids is 1. The van der Waals surface area contributed by atoms with Crippen LogP contribution in [0.15, 0.2) is 48.5 Å². The fourth-order valence-electron chi connectivity index (χ4n) is 5.65. The Balaban J connectivity index is 1.23. The summed E-state index contributed by atoms with van der Waals surface area (Å²) in [5.41, 5.74) is 3.79. The average molecular weight is 463 g/mol. The van der Waals surface area contributed by atoms with Crippen LogP contribution in [-0.2, 0) is 14.3 Å². The van der Waals surface area contributed by atoms with E-state index in [1.165, 1.54) is 0 Å². The van der Waals surface area contributed by atoms with E-state index >= 15 is 0 Å². The van der Waals surface area contributed by atoms with E-state index in [1.54, 1.807) is 4.90 Å². The first-order valence-corrected chi connectivity index (χ1v) is 12.1. The molecule has 2 fully saturated rings. The van der Waals surface area contributed by atoms with E-state index in [9.17, 15) is 19.5 Å². The highest BCUT2D eigenvalue weighted by atomic mass is 16.5. The van der Waals surface area contributed by atoms with Crippen LogP contribution in [0.3, 0.4) is 0 Å². The summed E-state index contributed by atoms with van der Waals surface area (Å²) < 4.78 is 5.64. The van der Waals surface area contributed by atoms with Crippen LogP contribution in [0.25, 0.3) is 11.1 Å². The van der Waals surface area contributed by atoms with Crippen LogP contribution in [0.2, 0.25) is 0 Å². The van der Waals surface area contributed by atoms with Gasteiger partial charge in [-0.1, -0.05) is 68.3 Å². The van der Waals surface area contributed by atoms with Crippen LogP contribution >= 0.6 is 0 Å². The van der Waals surface area contributed by atoms with Crippen molar-refractivity contribution in [3.05, 3.63) is 59.7 Å². The van der Waals surface area contributed by atoms with Gasteiger partial charge in [0.15, 0.2) is 0 Å². The van der Waals surface area contributed by atoms with Gasteiger partial charge >= 0.3 is 12.1 Å². The number of alkyl carbamates (subject to hydrolysis) is 1. The van der Waals surface area contributed by atoms with Crippen LogP contribution < -0.4 is 5.32 Å². The molecule has 2 N–H and O–H groups in total. The maximum atomic E-state index is 13.2. The van der Waals surface area contributed by atoms with Gasteiger partial charge in [0, 0.05) is 19.0 Å². The van der Waals surface area contributed by atoms with Crippen LogP contribution in [0.5, 0.6) is 0 Å². The first kappa shape index (κ1) is 22.4. The molecule has 34 heavy (non-hydrogen) atoms. The van der Waals surface area contributed by atoms with E-state index in [1.807, 2.05) is 31.2 Å². The Hall–Kier alpha value is -3.35. The number of benzene rings is 2. The average Bonchev–Trinajstić information content (AvgIpc) is 3.27. The number of unbranched alkanes of at least 4 members (excludes halogenated alkanes) is 1. The van der Waals surface area contributed by atoms with E-state index in [4.69, 9.17) is 4.74 Å². The van der Waals surface area contributed by atoms with Gasteiger partial charge in [-0.25, -0.2) is 4.79 Å². The number of amides is 2. The number of nitrogens with zero attached hydrogens (tertiary/aromatic N) is 1. The number of rotatable bonds is 8. The van der Waals surface area contributed by atoms with E-state index in [2.05, 4.69) is 29.6 Å². The molecule has 2 aromatic carbocycles. The highest BCUT2D eigenvalue weighted by Gasteiger charge is 2.66. The minimum absolute atomic E-state index is 0.0234. The Morgan fingerprint density at radius 2 is 1.76 bits per heavy atom. The minimum Gasteiger partial charge on any atom is -0.481 e. The number of hydrogen-bond acceptors (Lipinski definition) is 4. The molecular formula is C27H30N2O5. The van der Waals surface area contributed by atoms with E-state index < -0.39 is 23.5 Å². The first-order chi connectivity index (χ1) is 16.4. The largest absolute Gasteiger partial charge is 0.481 e. The summed E-state index contributed by atoms with van der Waals surface area (Å²) >= 11 is 0. The normalized spacial score (nSPS) is 23.0. The van der Waals surface area contributed by atoms with Crippen molar-refractivity contribution >= 4 is 18.0 Å². The zero-order valence-electron chi connectivity index (χ0n) is 19.3. The predicted octanol–water partition coefficient (Wildman–Crippen LogP) is 4.02. The number of nitrogens with one attached hydrogen (secondary N) is 1. The molecule has 2 aromatic rings. The van der Waals surface area contributed by atoms with Crippen molar-refractivity contribution in [2.45, 2.75) is 44.6 Å². The molecule has 2 amide bonds. The summed E-state index contributed by atoms with van der Waals surface area (Å²) in [6, 6.07) is 15.6. The number of hydrogen-bond donors (Lipinski definition) is 2. The molecule has 3 unspecified atom stereocenters. The monoisotopic (exact) mass is 462 g/mol. The lowest BCUT2D eigenvalue weighted by Crippen LogP contribution is -2.49. The SMILES string of the molecule is CCCCC(NC(=O)OCC1c2ccccc2-c2ccccc21)C(=O)N1CC2CC2(C(=O)O)C1. The number of aliphatic carboxylic acids is 1. The van der Waals surface area contributed by atoms with Crippen LogP contribution in [0.4, 0.5) is 4.79 Å². The van der Waals surface area contributed by atoms with Crippen LogP contribution in [0, 0.1) is 11.3 Å². The fourth-order valence-corrected chi connectivity index (χ4v) is 5.65. The van der Waals surface area contributed by atoms with Gasteiger partial charge in [0.1, 0.15) is 12.6 Å². The van der Waals surface area contributed by atoms with Gasteiger partial charge in [-0.15, -0.1) is 0 Å². The molecule has 3 atom stereocenters. The maximum absolute atomic E-state index is 13.2. The third-order valence-electron chi connectivity index (χ3n) is 7.66. The van der Waals surface area contributed by atoms with Gasteiger partial charge in [-0.3, -0.25) is 9.59 Å². The molecule has 0 bridgehead atoms. The van der Waals surface area contributed by atoms with E-state index in [0.29, 0.717) is 19.4 Å². The van der Waals surface area contributed by atoms with Crippen molar-refractivity contribution in [3.8, 4) is 11.1 Å². The van der Waals surface area contributed by atoms with Crippen molar-refractivity contribution < 1.29 is 24.2 Å². The third-order valence-corrected chi connectivity index (χ3v) is 7.66. The number of fused-ring (bicyclic) bond motifs is 4. The van der Waals surface area contributed by atoms with Crippen LogP contribution in [0.1, 0.15) is 49.7 Å². The van der Waals surface area contributed by atoms with Gasteiger partial charge in [-0.05, 0) is 41.0 Å². The predicted molar refractivity (Wildman–Crippen MR) is 126 cm³/mol. The zero-order chi connectivity index (χ0) is 23.9. The van der Waals surface area contributed by atoms with Gasteiger partial charge in [0.2, 0.25) is 5.91 Å². The summed E-state index contributed by atoms with van der Waals surface area (Å²) in [4.78, 5) is 39.1. The molecule has 0 spiro atoms. The molecule has 5 rings (SSSR count). The molecule has 3 aliphatic rings. The van der Waals surface area contributed by atoms with Crippen molar-refractivity contribution in [1.82, 2.24) is 10.2 Å². The smallest absolute Gasteiger partial charge is 0.407 e. The summed E-state index contributed by atoms with van der Waals surface area (Å²) in [5, 5.41) is 12.3. The minimum atomic E-state index is -0.831. The molecule has 1 heterocycles. The number of ether oxygens (including phenoxy) is 1. The summed E-state index contributed by atoms with van der Waals surface area (Å²) in [5.74, 6) is -1.07. The summed E-state index contributed by atoms with van der Waals surface area (Å²) in [6.45, 7) is 2.88. The first-order valence-electron chi connectivity index (χ1n) is 12.1. The zero-order valence-corrected chi connectivity index (χ0v) is 19.3. The molecule has 178 valence electrons. The lowest BCUT2D eigenvalue weighted by molar-refractivity contribution is -0.144. The van der Waals surface area contributed by atoms with Crippen LogP contribution in [-0.4, -0.2) is 53.7 Å². The molecule has 1 aliphatic heterocycles. The molecule has 2 aliphatic carbocycles. The lowest BCUT2D eigenvalue weighted by Gasteiger charge is -2.26. The second kappa shape index (κ2) is 8.78. The molecule has 7 heteroatoms. The van der Waals surface area contributed by atoms with Crippen molar-refractivity contribution in [3.63, 3.8) is 0 Å². The highest BCUT2D eigenvalue weighted by Crippen LogP contribution is 2.58. The van der Waals surface area contributed by atoms with E-state index in [0.717, 1.165) is 35.1 Å². The maximum Gasteiger partial charge on any atom is 0.407 e. The van der Waals surface area contributed by atoms with Gasteiger partial charge in [0.25, 0.3) is 0 Å². The Morgan fingerprint density at radius 3 is 2.35 bits per heavy atom. The van der Waals surface area contributed by atoms with E-state index in [-0.39, 0.29) is 30.9 Å². The summed E-state index contributed by atoms with van der Waals surface area (Å²) in [6.07, 6.45) is 2.18. The van der Waals surface area contributed by atoms with Gasteiger partial charge in [-0.2, -0.15) is 0 Å². The molecule has 1 saturated heterocycles. The Kier molecular flexibility index (Phi) is 5.80. The third kappa shape index (κ3) is 3.83. The molecule has 0 aromatic heterocycles. The Morgan fingerprint density at radius 1 is 1.12 bits per heavy atom. The van der Waals surface area contributed by atoms with Gasteiger partial charge in [0.05, 0.1) is 5.41 Å². The van der Waals surface area contributed by atoms with Crippen molar-refractivity contribution in [2.24, 2.45) is 11.3 Å². The standard InChI is InChI=1S/C27H30N2O5/c1-2-3-12-23(24(30)29-14-17-13-27(17,16-29)25(31)32)28-26(33)34-15-22-20-10-6-4-8-18(20)19-9-5-7-11-21(19)22/h4-11,17,22-23H,2-3,12-16H2,1H3,(H,28,33)(H,31,32). The molecule has 1 saturated carbocycles. The highest BCUT2D eigenvalue weighted by molar-refractivity contribution is 5.88. The molecular weight excluding hydrogens is 432 g/mol. The fraction of sp³-hybridized carbons (Fsp3) is 0.444. The second-order valence-corrected chi connectivity index (χ2v) is 9.75. The number of carboxylic acid groups (broad SMARTS) is 1. The Labute approximate surface area is 199 Å². The number of piperidine rings is 1. The lowest BCUT2D eigenvalue weighted by atomic mass is 9.98. The summed E-state index contributed by atoms with van der Waals surface area (Å²) in [7, 11) is 0. The number of likely N-dealkylation sites (tertiary alicyclic amines) is 1.